The Labute approximate surface area is 110 Å². The summed E-state index contributed by atoms with van der Waals surface area (Å²) < 4.78 is 24.8. The van der Waals surface area contributed by atoms with Crippen LogP contribution in [-0.4, -0.2) is 36.3 Å². The van der Waals surface area contributed by atoms with Crippen LogP contribution in [0.15, 0.2) is 23.1 Å². The molecule has 6 nitrogen and oxygen atoms in total. The van der Waals surface area contributed by atoms with E-state index >= 15 is 0 Å². The number of nitrogens with zero attached hydrogens (tertiary/aromatic N) is 1. The minimum absolute atomic E-state index is 0.0261. The number of benzene rings is 1. The van der Waals surface area contributed by atoms with Gasteiger partial charge in [0.15, 0.2) is 0 Å². The third kappa shape index (κ3) is 1.90. The molecule has 0 saturated heterocycles. The van der Waals surface area contributed by atoms with Gasteiger partial charge in [-0.1, -0.05) is 0 Å². The molecule has 0 fully saturated rings. The number of hydrogen-bond donors (Lipinski definition) is 1. The summed E-state index contributed by atoms with van der Waals surface area (Å²) in [7, 11) is -4.01. The second-order valence-electron chi connectivity index (χ2n) is 3.35. The minimum Gasteiger partial charge on any atom is -0.480 e. The number of halogens is 1. The zero-order valence-corrected chi connectivity index (χ0v) is 11.2. The van der Waals surface area contributed by atoms with Crippen LogP contribution in [0, 0.1) is 3.57 Å². The lowest BCUT2D eigenvalue weighted by atomic mass is 10.2. The van der Waals surface area contributed by atoms with E-state index in [1.807, 2.05) is 22.6 Å². The lowest BCUT2D eigenvalue weighted by Gasteiger charge is -2.11. The van der Waals surface area contributed by atoms with Crippen molar-refractivity contribution in [1.82, 2.24) is 4.31 Å². The highest BCUT2D eigenvalue weighted by molar-refractivity contribution is 14.1. The molecule has 0 spiro atoms. The van der Waals surface area contributed by atoms with Crippen LogP contribution in [0.4, 0.5) is 0 Å². The van der Waals surface area contributed by atoms with Crippen LogP contribution in [0.2, 0.25) is 0 Å². The Kier molecular flexibility index (Phi) is 2.86. The topological polar surface area (TPSA) is 91.8 Å². The first-order valence-electron chi connectivity index (χ1n) is 4.42. The number of carboxylic acid groups (broad SMARTS) is 1. The van der Waals surface area contributed by atoms with Crippen molar-refractivity contribution in [3.05, 3.63) is 27.3 Å². The zero-order valence-electron chi connectivity index (χ0n) is 8.25. The number of amides is 1. The van der Waals surface area contributed by atoms with Gasteiger partial charge in [0.05, 0.1) is 5.56 Å². The van der Waals surface area contributed by atoms with Gasteiger partial charge in [0.1, 0.15) is 11.4 Å². The van der Waals surface area contributed by atoms with E-state index in [9.17, 15) is 18.0 Å². The van der Waals surface area contributed by atoms with Crippen molar-refractivity contribution in [3.8, 4) is 0 Å². The highest BCUT2D eigenvalue weighted by Crippen LogP contribution is 2.30. The van der Waals surface area contributed by atoms with Gasteiger partial charge in [-0.25, -0.2) is 12.7 Å². The predicted molar refractivity (Wildman–Crippen MR) is 65.0 cm³/mol. The number of carbonyl (C=O) groups is 2. The molecule has 1 amide bonds. The molecule has 8 heteroatoms. The van der Waals surface area contributed by atoms with E-state index < -0.39 is 28.4 Å². The summed E-state index contributed by atoms with van der Waals surface area (Å²) in [6.45, 7) is -0.855. The van der Waals surface area contributed by atoms with Crippen molar-refractivity contribution in [3.63, 3.8) is 0 Å². The molecular formula is C9H6INO5S. The number of rotatable bonds is 2. The summed E-state index contributed by atoms with van der Waals surface area (Å²) in [6, 6.07) is 4.29. The van der Waals surface area contributed by atoms with Crippen molar-refractivity contribution in [2.45, 2.75) is 4.90 Å². The monoisotopic (exact) mass is 367 g/mol. The molecule has 1 aliphatic rings. The number of sulfonamides is 1. The lowest BCUT2D eigenvalue weighted by molar-refractivity contribution is -0.136. The molecule has 1 heterocycles. The van der Waals surface area contributed by atoms with Crippen molar-refractivity contribution in [2.24, 2.45) is 0 Å². The predicted octanol–water partition coefficient (Wildman–Crippen LogP) is 0.520. The van der Waals surface area contributed by atoms with Crippen molar-refractivity contribution >= 4 is 44.5 Å². The van der Waals surface area contributed by atoms with E-state index in [-0.39, 0.29) is 10.5 Å². The Balaban J connectivity index is 2.60. The van der Waals surface area contributed by atoms with Crippen molar-refractivity contribution in [2.75, 3.05) is 6.54 Å². The summed E-state index contributed by atoms with van der Waals surface area (Å²) in [5, 5.41) is 8.60. The number of carbonyl (C=O) groups excluding carboxylic acids is 1. The van der Waals surface area contributed by atoms with Gasteiger partial charge >= 0.3 is 5.97 Å². The molecule has 2 rings (SSSR count). The van der Waals surface area contributed by atoms with Gasteiger partial charge < -0.3 is 5.11 Å². The summed E-state index contributed by atoms with van der Waals surface area (Å²) >= 11 is 1.95. The first-order valence-corrected chi connectivity index (χ1v) is 6.94. The lowest BCUT2D eigenvalue weighted by Crippen LogP contribution is -2.34. The van der Waals surface area contributed by atoms with Crippen LogP contribution in [0.3, 0.4) is 0 Å². The van der Waals surface area contributed by atoms with Crippen LogP contribution >= 0.6 is 22.6 Å². The van der Waals surface area contributed by atoms with Crippen LogP contribution in [-0.2, 0) is 14.8 Å². The Morgan fingerprint density at radius 3 is 2.65 bits per heavy atom. The molecule has 0 aromatic heterocycles. The molecule has 1 aromatic carbocycles. The van der Waals surface area contributed by atoms with Gasteiger partial charge in [0, 0.05) is 3.57 Å². The molecule has 0 bridgehead atoms. The van der Waals surface area contributed by atoms with Gasteiger partial charge in [-0.05, 0) is 40.8 Å². The molecule has 1 aromatic rings. The van der Waals surface area contributed by atoms with Crippen LogP contribution in [0.5, 0.6) is 0 Å². The standard InChI is InChI=1S/C9H6INO5S/c10-5-1-2-7-6(3-5)9(14)11(4-8(12)13)17(7,15)16/h1-3H,4H2,(H,12,13). The van der Waals surface area contributed by atoms with E-state index in [1.165, 1.54) is 12.1 Å². The SMILES string of the molecule is O=C(O)CN1C(=O)c2cc(I)ccc2S1(=O)=O. The molecule has 0 saturated carbocycles. The number of hydrogen-bond acceptors (Lipinski definition) is 4. The molecule has 90 valence electrons. The maximum atomic E-state index is 11.9. The highest BCUT2D eigenvalue weighted by Gasteiger charge is 2.42. The largest absolute Gasteiger partial charge is 0.480 e. The van der Waals surface area contributed by atoms with Gasteiger partial charge in [-0.2, -0.15) is 0 Å². The van der Waals surface area contributed by atoms with Crippen LogP contribution in [0.25, 0.3) is 0 Å². The average Bonchev–Trinajstić information content (AvgIpc) is 2.39. The fourth-order valence-electron chi connectivity index (χ4n) is 1.54. The third-order valence-electron chi connectivity index (χ3n) is 2.25. The smallest absolute Gasteiger partial charge is 0.324 e. The molecule has 1 aliphatic heterocycles. The third-order valence-corrected chi connectivity index (χ3v) is 4.70. The Hall–Kier alpha value is -1.16. The number of carboxylic acids is 1. The molecule has 17 heavy (non-hydrogen) atoms. The quantitative estimate of drug-likeness (QED) is 0.770. The molecular weight excluding hydrogens is 361 g/mol. The fourth-order valence-corrected chi connectivity index (χ4v) is 3.53. The second kappa shape index (κ2) is 3.95. The van der Waals surface area contributed by atoms with Gasteiger partial charge in [-0.3, -0.25) is 9.59 Å². The Morgan fingerprint density at radius 1 is 1.41 bits per heavy atom. The van der Waals surface area contributed by atoms with Crippen LogP contribution < -0.4 is 0 Å². The van der Waals surface area contributed by atoms with Gasteiger partial charge in [0.2, 0.25) is 0 Å². The van der Waals surface area contributed by atoms with E-state index in [4.69, 9.17) is 5.11 Å². The molecule has 0 atom stereocenters. The average molecular weight is 367 g/mol. The maximum Gasteiger partial charge on any atom is 0.324 e. The maximum absolute atomic E-state index is 11.9. The van der Waals surface area contributed by atoms with Gasteiger partial charge in [-0.15, -0.1) is 0 Å². The minimum atomic E-state index is -4.01. The van der Waals surface area contributed by atoms with Crippen LogP contribution in [0.1, 0.15) is 10.4 Å². The fraction of sp³-hybridized carbons (Fsp3) is 0.111. The van der Waals surface area contributed by atoms with E-state index in [1.54, 1.807) is 6.07 Å². The molecule has 0 radical (unpaired) electrons. The Bertz CT molecular complexity index is 624. The zero-order chi connectivity index (χ0) is 12.8. The van der Waals surface area contributed by atoms with Crippen molar-refractivity contribution < 1.29 is 23.1 Å². The van der Waals surface area contributed by atoms with Crippen molar-refractivity contribution in [1.29, 1.82) is 0 Å². The summed E-state index contributed by atoms with van der Waals surface area (Å²) in [5.74, 6) is -2.16. The molecule has 0 aliphatic carbocycles. The summed E-state index contributed by atoms with van der Waals surface area (Å²) in [5.41, 5.74) is 0.0261. The number of fused-ring (bicyclic) bond motifs is 1. The molecule has 1 N–H and O–H groups in total. The highest BCUT2D eigenvalue weighted by atomic mass is 127. The van der Waals surface area contributed by atoms with E-state index in [0.29, 0.717) is 7.88 Å². The summed E-state index contributed by atoms with van der Waals surface area (Å²) in [6.07, 6.45) is 0. The van der Waals surface area contributed by atoms with E-state index in [0.717, 1.165) is 0 Å². The second-order valence-corrected chi connectivity index (χ2v) is 6.43. The normalized spacial score (nSPS) is 17.0. The Morgan fingerprint density at radius 2 is 2.06 bits per heavy atom. The first-order chi connectivity index (χ1) is 7.84. The number of aliphatic carboxylic acids is 1. The summed E-state index contributed by atoms with van der Waals surface area (Å²) in [4.78, 5) is 22.2. The van der Waals surface area contributed by atoms with Gasteiger partial charge in [0.25, 0.3) is 15.9 Å². The first kappa shape index (κ1) is 12.3. The van der Waals surface area contributed by atoms with E-state index in [2.05, 4.69) is 0 Å². The molecule has 0 unspecified atom stereocenters.